The van der Waals surface area contributed by atoms with Crippen LogP contribution >= 0.6 is 27.5 Å². The minimum Gasteiger partial charge on any atom is -0.359 e. The molecule has 0 unspecified atom stereocenters. The molecule has 0 fully saturated rings. The minimum absolute atomic E-state index is 0.00562. The van der Waals surface area contributed by atoms with Crippen LogP contribution in [0.1, 0.15) is 22.3 Å². The van der Waals surface area contributed by atoms with Gasteiger partial charge in [-0.2, -0.15) is 0 Å². The lowest BCUT2D eigenvalue weighted by molar-refractivity contribution is 0.0772. The highest BCUT2D eigenvalue weighted by molar-refractivity contribution is 9.10. The Kier molecular flexibility index (Phi) is 4.36. The smallest absolute Gasteiger partial charge is 0.255 e. The standard InChI is InChI=1S/C19H15BrClN3O/c20-14-8-13(9-22-10-14)19(25)24-6-4-12(5-7-24)16-11-23-18-15(16)2-1-3-17(18)21/h1-4,8-11,23H,5-7H2. The molecular weight excluding hydrogens is 402 g/mol. The number of benzene rings is 1. The lowest BCUT2D eigenvalue weighted by Crippen LogP contribution is -2.34. The first-order valence-electron chi connectivity index (χ1n) is 7.98. The van der Waals surface area contributed by atoms with Gasteiger partial charge in [0.1, 0.15) is 0 Å². The number of rotatable bonds is 2. The van der Waals surface area contributed by atoms with Crippen molar-refractivity contribution >= 4 is 49.9 Å². The van der Waals surface area contributed by atoms with Crippen LogP contribution < -0.4 is 0 Å². The lowest BCUT2D eigenvalue weighted by Gasteiger charge is -2.26. The zero-order chi connectivity index (χ0) is 17.4. The molecule has 0 radical (unpaired) electrons. The molecule has 0 spiro atoms. The number of aromatic amines is 1. The Balaban J connectivity index is 1.58. The summed E-state index contributed by atoms with van der Waals surface area (Å²) in [7, 11) is 0. The Hall–Kier alpha value is -2.11. The summed E-state index contributed by atoms with van der Waals surface area (Å²) in [6.45, 7) is 1.28. The van der Waals surface area contributed by atoms with Gasteiger partial charge in [0.2, 0.25) is 0 Å². The summed E-state index contributed by atoms with van der Waals surface area (Å²) >= 11 is 9.60. The molecule has 1 aliphatic heterocycles. The van der Waals surface area contributed by atoms with E-state index in [1.165, 1.54) is 5.57 Å². The number of carbonyl (C=O) groups is 1. The van der Waals surface area contributed by atoms with Crippen molar-refractivity contribution in [3.8, 4) is 0 Å². The van der Waals surface area contributed by atoms with Crippen molar-refractivity contribution in [1.82, 2.24) is 14.9 Å². The maximum absolute atomic E-state index is 12.6. The summed E-state index contributed by atoms with van der Waals surface area (Å²) in [6, 6.07) is 7.71. The lowest BCUT2D eigenvalue weighted by atomic mass is 9.98. The number of para-hydroxylation sites is 1. The second-order valence-corrected chi connectivity index (χ2v) is 7.31. The van der Waals surface area contributed by atoms with Gasteiger partial charge in [-0.25, -0.2) is 0 Å². The van der Waals surface area contributed by atoms with Crippen LogP contribution in [0.4, 0.5) is 0 Å². The van der Waals surface area contributed by atoms with E-state index in [1.807, 2.05) is 23.2 Å². The summed E-state index contributed by atoms with van der Waals surface area (Å²) in [5.74, 6) is 0.00562. The Morgan fingerprint density at radius 1 is 1.32 bits per heavy atom. The third-order valence-electron chi connectivity index (χ3n) is 4.46. The fourth-order valence-corrected chi connectivity index (χ4v) is 3.79. The maximum atomic E-state index is 12.6. The SMILES string of the molecule is O=C(c1cncc(Br)c1)N1CC=C(c2c[nH]c3c(Cl)cccc23)CC1. The topological polar surface area (TPSA) is 49.0 Å². The molecule has 0 saturated carbocycles. The maximum Gasteiger partial charge on any atom is 0.255 e. The normalized spacial score (nSPS) is 14.6. The molecule has 3 aromatic rings. The highest BCUT2D eigenvalue weighted by Gasteiger charge is 2.21. The van der Waals surface area contributed by atoms with Gasteiger partial charge in [-0.05, 0) is 40.1 Å². The predicted molar refractivity (Wildman–Crippen MR) is 104 cm³/mol. The van der Waals surface area contributed by atoms with E-state index in [0.717, 1.165) is 32.4 Å². The van der Waals surface area contributed by atoms with Gasteiger partial charge in [0.25, 0.3) is 5.91 Å². The number of H-pyrrole nitrogens is 1. The fourth-order valence-electron chi connectivity index (χ4n) is 3.19. The molecule has 0 saturated heterocycles. The Morgan fingerprint density at radius 2 is 2.20 bits per heavy atom. The average Bonchev–Trinajstić information content (AvgIpc) is 3.07. The van der Waals surface area contributed by atoms with E-state index in [2.05, 4.69) is 38.0 Å². The molecule has 126 valence electrons. The van der Waals surface area contributed by atoms with Gasteiger partial charge in [-0.15, -0.1) is 0 Å². The first-order valence-corrected chi connectivity index (χ1v) is 9.15. The molecular formula is C19H15BrClN3O. The molecule has 1 aliphatic rings. The summed E-state index contributed by atoms with van der Waals surface area (Å²) in [4.78, 5) is 21.8. The van der Waals surface area contributed by atoms with Crippen LogP contribution in [0.15, 0.2) is 53.4 Å². The van der Waals surface area contributed by atoms with Crippen LogP contribution in [0.2, 0.25) is 5.02 Å². The Morgan fingerprint density at radius 3 is 2.96 bits per heavy atom. The molecule has 1 aromatic carbocycles. The molecule has 3 heterocycles. The fraction of sp³-hybridized carbons (Fsp3) is 0.158. The number of hydrogen-bond acceptors (Lipinski definition) is 2. The van der Waals surface area contributed by atoms with E-state index < -0.39 is 0 Å². The van der Waals surface area contributed by atoms with Crippen molar-refractivity contribution in [1.29, 1.82) is 0 Å². The largest absolute Gasteiger partial charge is 0.359 e. The minimum atomic E-state index is 0.00562. The van der Waals surface area contributed by atoms with E-state index in [0.29, 0.717) is 18.7 Å². The Labute approximate surface area is 158 Å². The molecule has 1 N–H and O–H groups in total. The van der Waals surface area contributed by atoms with Crippen molar-refractivity contribution in [3.05, 3.63) is 69.6 Å². The third-order valence-corrected chi connectivity index (χ3v) is 5.21. The van der Waals surface area contributed by atoms with Gasteiger partial charge >= 0.3 is 0 Å². The first-order chi connectivity index (χ1) is 12.1. The second-order valence-electron chi connectivity index (χ2n) is 5.99. The van der Waals surface area contributed by atoms with Crippen LogP contribution in [-0.2, 0) is 0 Å². The second kappa shape index (κ2) is 6.65. The van der Waals surface area contributed by atoms with Crippen LogP contribution in [-0.4, -0.2) is 33.9 Å². The number of nitrogens with one attached hydrogen (secondary N) is 1. The van der Waals surface area contributed by atoms with Crippen molar-refractivity contribution < 1.29 is 4.79 Å². The van der Waals surface area contributed by atoms with Crippen molar-refractivity contribution in [2.24, 2.45) is 0 Å². The summed E-state index contributed by atoms with van der Waals surface area (Å²) < 4.78 is 0.808. The van der Waals surface area contributed by atoms with E-state index >= 15 is 0 Å². The molecule has 4 nitrogen and oxygen atoms in total. The molecule has 1 amide bonds. The summed E-state index contributed by atoms with van der Waals surface area (Å²) in [5.41, 5.74) is 3.96. The molecule has 0 aliphatic carbocycles. The van der Waals surface area contributed by atoms with Gasteiger partial charge in [0.15, 0.2) is 0 Å². The molecule has 0 bridgehead atoms. The van der Waals surface area contributed by atoms with Crippen molar-refractivity contribution in [3.63, 3.8) is 0 Å². The number of aromatic nitrogens is 2. The van der Waals surface area contributed by atoms with Gasteiger partial charge in [-0.3, -0.25) is 9.78 Å². The molecule has 4 rings (SSSR count). The number of amides is 1. The van der Waals surface area contributed by atoms with Crippen LogP contribution in [0.5, 0.6) is 0 Å². The molecule has 0 atom stereocenters. The number of halogens is 2. The highest BCUT2D eigenvalue weighted by Crippen LogP contribution is 2.32. The van der Waals surface area contributed by atoms with Gasteiger partial charge < -0.3 is 9.88 Å². The number of pyridine rings is 1. The monoisotopic (exact) mass is 415 g/mol. The summed E-state index contributed by atoms with van der Waals surface area (Å²) in [6.07, 6.45) is 8.21. The Bertz CT molecular complexity index is 995. The van der Waals surface area contributed by atoms with Crippen molar-refractivity contribution in [2.45, 2.75) is 6.42 Å². The quantitative estimate of drug-likeness (QED) is 0.645. The van der Waals surface area contributed by atoms with E-state index in [4.69, 9.17) is 11.6 Å². The number of hydrogen-bond donors (Lipinski definition) is 1. The predicted octanol–water partition coefficient (Wildman–Crippen LogP) is 4.91. The van der Waals surface area contributed by atoms with Gasteiger partial charge in [-0.1, -0.05) is 29.8 Å². The van der Waals surface area contributed by atoms with Crippen LogP contribution in [0.25, 0.3) is 16.5 Å². The highest BCUT2D eigenvalue weighted by atomic mass is 79.9. The van der Waals surface area contributed by atoms with E-state index in [1.54, 1.807) is 18.5 Å². The van der Waals surface area contributed by atoms with Crippen LogP contribution in [0.3, 0.4) is 0 Å². The summed E-state index contributed by atoms with van der Waals surface area (Å²) in [5, 5.41) is 1.84. The molecule has 25 heavy (non-hydrogen) atoms. The van der Waals surface area contributed by atoms with Crippen LogP contribution in [0, 0.1) is 0 Å². The van der Waals surface area contributed by atoms with Gasteiger partial charge in [0, 0.05) is 47.1 Å². The number of carbonyl (C=O) groups excluding carboxylic acids is 1. The molecule has 6 heteroatoms. The first kappa shape index (κ1) is 16.4. The van der Waals surface area contributed by atoms with Crippen molar-refractivity contribution in [2.75, 3.05) is 13.1 Å². The number of nitrogens with zero attached hydrogens (tertiary/aromatic N) is 2. The van der Waals surface area contributed by atoms with E-state index in [9.17, 15) is 4.79 Å². The zero-order valence-electron chi connectivity index (χ0n) is 13.3. The zero-order valence-corrected chi connectivity index (χ0v) is 15.6. The average molecular weight is 417 g/mol. The number of fused-ring (bicyclic) bond motifs is 1. The third kappa shape index (κ3) is 3.10. The van der Waals surface area contributed by atoms with Gasteiger partial charge in [0.05, 0.1) is 16.1 Å². The van der Waals surface area contributed by atoms with E-state index in [-0.39, 0.29) is 5.91 Å². The molecule has 2 aromatic heterocycles.